The quantitative estimate of drug-likeness (QED) is 0.0417. The van der Waals surface area contributed by atoms with Crippen molar-refractivity contribution in [1.82, 2.24) is 5.32 Å². The second-order valence-corrected chi connectivity index (χ2v) is 23.5. The van der Waals surface area contributed by atoms with Crippen molar-refractivity contribution in [3.05, 3.63) is 0 Å². The highest BCUT2D eigenvalue weighted by atomic mass is 16.5. The molecular weight excluding hydrogens is 899 g/mol. The van der Waals surface area contributed by atoms with Crippen LogP contribution < -0.4 is 5.32 Å². The highest BCUT2D eigenvalue weighted by Crippen LogP contribution is 2.19. The molecule has 0 saturated heterocycles. The van der Waals surface area contributed by atoms with Crippen molar-refractivity contribution in [1.29, 1.82) is 0 Å². The highest BCUT2D eigenvalue weighted by molar-refractivity contribution is 5.76. The van der Waals surface area contributed by atoms with Crippen LogP contribution in [0.3, 0.4) is 0 Å². The van der Waals surface area contributed by atoms with Gasteiger partial charge in [-0.25, -0.2) is 0 Å². The maximum absolute atomic E-state index is 12.5. The van der Waals surface area contributed by atoms with Gasteiger partial charge in [-0.3, -0.25) is 9.59 Å². The van der Waals surface area contributed by atoms with Gasteiger partial charge in [-0.15, -0.1) is 0 Å². The third-order valence-corrected chi connectivity index (χ3v) is 16.2. The Bertz CT molecular complexity index is 1050. The molecule has 0 heterocycles. The van der Waals surface area contributed by atoms with Crippen molar-refractivity contribution in [2.75, 3.05) is 13.2 Å². The summed E-state index contributed by atoms with van der Waals surface area (Å²) in [6, 6.07) is -0.540. The number of rotatable bonds is 64. The zero-order valence-corrected chi connectivity index (χ0v) is 49.9. The van der Waals surface area contributed by atoms with Crippen molar-refractivity contribution in [2.45, 2.75) is 405 Å². The Morgan fingerprint density at radius 3 is 0.836 bits per heavy atom. The van der Waals surface area contributed by atoms with Gasteiger partial charge in [-0.2, -0.15) is 0 Å². The van der Waals surface area contributed by atoms with Crippen LogP contribution in [0.5, 0.6) is 0 Å². The Morgan fingerprint density at radius 1 is 0.329 bits per heavy atom. The molecule has 0 saturated carbocycles. The number of amides is 1. The average molecular weight is 1030 g/mol. The number of carbonyl (C=O) groups is 2. The van der Waals surface area contributed by atoms with Crippen LogP contribution in [0, 0.1) is 0 Å². The van der Waals surface area contributed by atoms with Crippen LogP contribution in [0.4, 0.5) is 0 Å². The monoisotopic (exact) mass is 1030 g/mol. The van der Waals surface area contributed by atoms with Crippen LogP contribution in [-0.4, -0.2) is 47.4 Å². The molecule has 436 valence electrons. The van der Waals surface area contributed by atoms with Crippen LogP contribution in [0.25, 0.3) is 0 Å². The summed E-state index contributed by atoms with van der Waals surface area (Å²) in [5, 5.41) is 23.4. The lowest BCUT2D eigenvalue weighted by Gasteiger charge is -2.22. The fourth-order valence-electron chi connectivity index (χ4n) is 11.0. The molecule has 2 atom stereocenters. The van der Waals surface area contributed by atoms with Crippen molar-refractivity contribution < 1.29 is 24.5 Å². The number of hydrogen-bond donors (Lipinski definition) is 3. The summed E-state index contributed by atoms with van der Waals surface area (Å²) >= 11 is 0. The number of aliphatic hydroxyl groups is 2. The van der Waals surface area contributed by atoms with E-state index in [1.165, 1.54) is 321 Å². The van der Waals surface area contributed by atoms with Crippen LogP contribution in [0.15, 0.2) is 0 Å². The molecule has 0 aromatic carbocycles. The van der Waals surface area contributed by atoms with Crippen molar-refractivity contribution in [2.24, 2.45) is 0 Å². The van der Waals surface area contributed by atoms with Gasteiger partial charge in [0.05, 0.1) is 25.4 Å². The van der Waals surface area contributed by atoms with Gasteiger partial charge in [0, 0.05) is 12.8 Å². The first kappa shape index (κ1) is 71.9. The molecule has 3 N–H and O–H groups in total. The molecule has 0 radical (unpaired) electrons. The lowest BCUT2D eigenvalue weighted by Crippen LogP contribution is -2.45. The number of esters is 1. The molecule has 2 unspecified atom stereocenters. The van der Waals surface area contributed by atoms with Gasteiger partial charge in [-0.05, 0) is 25.7 Å². The van der Waals surface area contributed by atoms with E-state index < -0.39 is 12.1 Å². The molecule has 0 aliphatic carbocycles. The minimum Gasteiger partial charge on any atom is -0.466 e. The summed E-state index contributed by atoms with van der Waals surface area (Å²) in [4.78, 5) is 24.6. The first-order chi connectivity index (χ1) is 36.0. The van der Waals surface area contributed by atoms with E-state index in [2.05, 4.69) is 19.2 Å². The molecule has 0 aromatic heterocycles. The summed E-state index contributed by atoms with van der Waals surface area (Å²) in [7, 11) is 0. The van der Waals surface area contributed by atoms with E-state index in [0.717, 1.165) is 38.5 Å². The first-order valence-electron chi connectivity index (χ1n) is 33.8. The van der Waals surface area contributed by atoms with Gasteiger partial charge in [-0.1, -0.05) is 354 Å². The molecule has 0 aromatic rings. The van der Waals surface area contributed by atoms with E-state index in [0.29, 0.717) is 25.9 Å². The predicted octanol–water partition coefficient (Wildman–Crippen LogP) is 21.4. The minimum atomic E-state index is -0.663. The number of nitrogens with one attached hydrogen (secondary N) is 1. The zero-order chi connectivity index (χ0) is 52.9. The van der Waals surface area contributed by atoms with Gasteiger partial charge in [0.1, 0.15) is 0 Å². The van der Waals surface area contributed by atoms with Gasteiger partial charge in [0.2, 0.25) is 5.91 Å². The Hall–Kier alpha value is -1.14. The third-order valence-electron chi connectivity index (χ3n) is 16.2. The number of aliphatic hydroxyl groups excluding tert-OH is 2. The maximum Gasteiger partial charge on any atom is 0.305 e. The maximum atomic E-state index is 12.5. The lowest BCUT2D eigenvalue weighted by molar-refractivity contribution is -0.143. The van der Waals surface area contributed by atoms with E-state index in [1.54, 1.807) is 0 Å². The SMILES string of the molecule is CCCCCCCCCCCCCCCCCCCCC(O)C(CO)NC(=O)CCCCCCCCCCCCCCCCCCCCCCCCCCOC(=O)CCCCCCCCCCCCCCCC. The molecule has 0 rings (SSSR count). The Morgan fingerprint density at radius 2 is 0.562 bits per heavy atom. The van der Waals surface area contributed by atoms with E-state index in [4.69, 9.17) is 4.74 Å². The average Bonchev–Trinajstić information content (AvgIpc) is 3.39. The number of carbonyl (C=O) groups excluding carboxylic acids is 2. The number of hydrogen-bond acceptors (Lipinski definition) is 5. The normalized spacial score (nSPS) is 12.4. The van der Waals surface area contributed by atoms with E-state index in [9.17, 15) is 19.8 Å². The molecule has 1 amide bonds. The van der Waals surface area contributed by atoms with Gasteiger partial charge in [0.25, 0.3) is 0 Å². The fraction of sp³-hybridized carbons (Fsp3) is 0.970. The Balaban J connectivity index is 3.35. The van der Waals surface area contributed by atoms with Crippen LogP contribution in [0.1, 0.15) is 393 Å². The third kappa shape index (κ3) is 60.0. The fourth-order valence-corrected chi connectivity index (χ4v) is 11.0. The standard InChI is InChI=1S/C67H133NO5/c1-3-5-7-9-11-13-15-17-19-20-29-32-35-39-43-47-51-55-59-65(70)64(63-69)68-66(71)60-56-52-48-44-40-36-33-30-27-25-23-21-22-24-26-28-31-34-38-42-46-50-54-58-62-73-67(72)61-57-53-49-45-41-37-18-16-14-12-10-8-6-4-2/h64-65,69-70H,3-63H2,1-2H3,(H,68,71). The molecule has 6 nitrogen and oxygen atoms in total. The summed E-state index contributed by atoms with van der Waals surface area (Å²) in [6.45, 7) is 5.00. The summed E-state index contributed by atoms with van der Waals surface area (Å²) in [6.07, 6.45) is 75.6. The number of unbranched alkanes of at least 4 members (excludes halogenated alkanes) is 53. The second-order valence-electron chi connectivity index (χ2n) is 23.5. The smallest absolute Gasteiger partial charge is 0.305 e. The lowest BCUT2D eigenvalue weighted by atomic mass is 10.0. The van der Waals surface area contributed by atoms with Crippen molar-refractivity contribution in [3.63, 3.8) is 0 Å². The molecule has 0 fully saturated rings. The molecule has 0 bridgehead atoms. The first-order valence-corrected chi connectivity index (χ1v) is 33.8. The molecule has 0 aliphatic heterocycles. The molecule has 73 heavy (non-hydrogen) atoms. The Labute approximate surface area is 457 Å². The van der Waals surface area contributed by atoms with Crippen LogP contribution >= 0.6 is 0 Å². The molecule has 6 heteroatoms. The Kier molecular flexibility index (Phi) is 62.4. The van der Waals surface area contributed by atoms with Gasteiger partial charge < -0.3 is 20.3 Å². The zero-order valence-electron chi connectivity index (χ0n) is 49.9. The van der Waals surface area contributed by atoms with E-state index >= 15 is 0 Å². The highest BCUT2D eigenvalue weighted by Gasteiger charge is 2.20. The van der Waals surface area contributed by atoms with E-state index in [-0.39, 0.29) is 18.5 Å². The van der Waals surface area contributed by atoms with E-state index in [1.807, 2.05) is 0 Å². The van der Waals surface area contributed by atoms with Crippen LogP contribution in [0.2, 0.25) is 0 Å². The molecule has 0 spiro atoms. The second kappa shape index (κ2) is 63.4. The topological polar surface area (TPSA) is 95.9 Å². The summed E-state index contributed by atoms with van der Waals surface area (Å²) in [5.41, 5.74) is 0. The molecular formula is C67H133NO5. The number of ether oxygens (including phenoxy) is 1. The minimum absolute atomic E-state index is 0.0190. The van der Waals surface area contributed by atoms with Crippen molar-refractivity contribution in [3.8, 4) is 0 Å². The van der Waals surface area contributed by atoms with Gasteiger partial charge >= 0.3 is 5.97 Å². The van der Waals surface area contributed by atoms with Crippen LogP contribution in [-0.2, 0) is 14.3 Å². The summed E-state index contributed by atoms with van der Waals surface area (Å²) < 4.78 is 5.49. The molecule has 0 aliphatic rings. The predicted molar refractivity (Wildman–Crippen MR) is 320 cm³/mol. The largest absolute Gasteiger partial charge is 0.466 e. The van der Waals surface area contributed by atoms with Gasteiger partial charge in [0.15, 0.2) is 0 Å². The van der Waals surface area contributed by atoms with Crippen molar-refractivity contribution >= 4 is 11.9 Å². The summed E-state index contributed by atoms with van der Waals surface area (Å²) in [5.74, 6) is -0.0103.